The van der Waals surface area contributed by atoms with Gasteiger partial charge in [-0.25, -0.2) is 14.4 Å². The molecule has 7 heteroatoms. The van der Waals surface area contributed by atoms with Crippen molar-refractivity contribution in [2.24, 2.45) is 0 Å². The molecule has 0 spiro atoms. The van der Waals surface area contributed by atoms with Crippen LogP contribution in [0, 0.1) is 5.82 Å². The minimum Gasteiger partial charge on any atom is -0.338 e. The summed E-state index contributed by atoms with van der Waals surface area (Å²) in [6.45, 7) is 0. The fraction of sp³-hybridized carbons (Fsp3) is 0.294. The highest BCUT2D eigenvalue weighted by Gasteiger charge is 2.38. The Morgan fingerprint density at radius 1 is 1.00 bits per heavy atom. The third-order valence-electron chi connectivity index (χ3n) is 4.23. The largest absolute Gasteiger partial charge is 0.338 e. The molecule has 0 saturated heterocycles. The van der Waals surface area contributed by atoms with E-state index < -0.39 is 17.4 Å². The number of anilines is 1. The number of benzene rings is 1. The zero-order chi connectivity index (χ0) is 17.0. The molecule has 0 aliphatic heterocycles. The summed E-state index contributed by atoms with van der Waals surface area (Å²) in [5.74, 6) is -1.84. The van der Waals surface area contributed by atoms with E-state index in [0.717, 1.165) is 18.4 Å². The van der Waals surface area contributed by atoms with Crippen molar-refractivity contribution in [1.29, 1.82) is 0 Å². The zero-order valence-electron chi connectivity index (χ0n) is 13.0. The number of amides is 2. The molecule has 1 saturated carbocycles. The predicted octanol–water partition coefficient (Wildman–Crippen LogP) is 2.14. The van der Waals surface area contributed by atoms with E-state index in [-0.39, 0.29) is 5.82 Å². The fourth-order valence-corrected chi connectivity index (χ4v) is 3.06. The van der Waals surface area contributed by atoms with Gasteiger partial charge in [0.15, 0.2) is 0 Å². The van der Waals surface area contributed by atoms with Crippen LogP contribution in [0.25, 0.3) is 0 Å². The highest BCUT2D eigenvalue weighted by molar-refractivity contribution is 6.39. The lowest BCUT2D eigenvalue weighted by molar-refractivity contribution is -0.137. The number of carbonyl (C=O) groups is 2. The minimum absolute atomic E-state index is 0.333. The van der Waals surface area contributed by atoms with Crippen molar-refractivity contribution in [3.63, 3.8) is 0 Å². The van der Waals surface area contributed by atoms with Crippen LogP contribution < -0.4 is 10.6 Å². The molecule has 1 heterocycles. The second kappa shape index (κ2) is 6.74. The molecule has 0 atom stereocenters. The van der Waals surface area contributed by atoms with Gasteiger partial charge in [0.2, 0.25) is 0 Å². The van der Waals surface area contributed by atoms with Gasteiger partial charge in [-0.1, -0.05) is 25.0 Å². The lowest BCUT2D eigenvalue weighted by Crippen LogP contribution is -2.48. The minimum atomic E-state index is -0.779. The molecule has 6 nitrogen and oxygen atoms in total. The molecular formula is C17H17FN4O2. The summed E-state index contributed by atoms with van der Waals surface area (Å²) in [6, 6.07) is 6.04. The number of hydrogen-bond acceptors (Lipinski definition) is 4. The topological polar surface area (TPSA) is 84.0 Å². The molecule has 0 radical (unpaired) electrons. The van der Waals surface area contributed by atoms with Crippen LogP contribution in [-0.2, 0) is 15.1 Å². The quantitative estimate of drug-likeness (QED) is 0.846. The Bertz CT molecular complexity index is 728. The SMILES string of the molecule is O=C(Nc1cncnc1)C(=O)NC1(c2ccc(F)cc2)CCCC1. The smallest absolute Gasteiger partial charge is 0.313 e. The van der Waals surface area contributed by atoms with Crippen LogP contribution in [0.5, 0.6) is 0 Å². The number of carbonyl (C=O) groups excluding carboxylic acids is 2. The Morgan fingerprint density at radius 2 is 1.62 bits per heavy atom. The molecule has 2 aromatic rings. The van der Waals surface area contributed by atoms with Crippen molar-refractivity contribution in [3.05, 3.63) is 54.4 Å². The summed E-state index contributed by atoms with van der Waals surface area (Å²) in [4.78, 5) is 32.0. The molecule has 0 bridgehead atoms. The molecule has 24 heavy (non-hydrogen) atoms. The second-order valence-electron chi connectivity index (χ2n) is 5.83. The Morgan fingerprint density at radius 3 is 2.25 bits per heavy atom. The molecule has 1 aliphatic carbocycles. The fourth-order valence-electron chi connectivity index (χ4n) is 3.06. The number of nitrogens with zero attached hydrogens (tertiary/aromatic N) is 2. The number of nitrogens with one attached hydrogen (secondary N) is 2. The van der Waals surface area contributed by atoms with Crippen LogP contribution in [0.3, 0.4) is 0 Å². The molecule has 1 aliphatic rings. The van der Waals surface area contributed by atoms with Crippen LogP contribution in [0.4, 0.5) is 10.1 Å². The van der Waals surface area contributed by atoms with Gasteiger partial charge in [0.25, 0.3) is 0 Å². The van der Waals surface area contributed by atoms with Crippen molar-refractivity contribution < 1.29 is 14.0 Å². The summed E-state index contributed by atoms with van der Waals surface area (Å²) < 4.78 is 13.2. The van der Waals surface area contributed by atoms with Crippen molar-refractivity contribution in [2.45, 2.75) is 31.2 Å². The van der Waals surface area contributed by atoms with Crippen molar-refractivity contribution in [2.75, 3.05) is 5.32 Å². The Labute approximate surface area is 138 Å². The lowest BCUT2D eigenvalue weighted by atomic mass is 9.88. The van der Waals surface area contributed by atoms with Gasteiger partial charge in [0.05, 0.1) is 23.6 Å². The van der Waals surface area contributed by atoms with E-state index >= 15 is 0 Å². The van der Waals surface area contributed by atoms with Gasteiger partial charge in [-0.3, -0.25) is 9.59 Å². The molecule has 1 aromatic carbocycles. The summed E-state index contributed by atoms with van der Waals surface area (Å²) in [6.07, 6.45) is 7.45. The lowest BCUT2D eigenvalue weighted by Gasteiger charge is -2.30. The first-order chi connectivity index (χ1) is 11.6. The molecule has 3 rings (SSSR count). The first-order valence-corrected chi connectivity index (χ1v) is 7.74. The number of halogens is 1. The number of hydrogen-bond donors (Lipinski definition) is 2. The van der Waals surface area contributed by atoms with Gasteiger partial charge < -0.3 is 10.6 Å². The Kier molecular flexibility index (Phi) is 4.50. The van der Waals surface area contributed by atoms with Crippen LogP contribution in [0.15, 0.2) is 43.0 Å². The maximum Gasteiger partial charge on any atom is 0.313 e. The van der Waals surface area contributed by atoms with Crippen molar-refractivity contribution >= 4 is 17.5 Å². The monoisotopic (exact) mass is 328 g/mol. The van der Waals surface area contributed by atoms with Gasteiger partial charge in [-0.2, -0.15) is 0 Å². The summed E-state index contributed by atoms with van der Waals surface area (Å²) in [5, 5.41) is 5.29. The molecule has 1 fully saturated rings. The zero-order valence-corrected chi connectivity index (χ0v) is 13.0. The van der Waals surface area contributed by atoms with Gasteiger partial charge in [0, 0.05) is 0 Å². The van der Waals surface area contributed by atoms with Gasteiger partial charge in [-0.15, -0.1) is 0 Å². The molecule has 0 unspecified atom stereocenters. The van der Waals surface area contributed by atoms with Crippen LogP contribution >= 0.6 is 0 Å². The summed E-state index contributed by atoms with van der Waals surface area (Å²) >= 11 is 0. The van der Waals surface area contributed by atoms with E-state index in [9.17, 15) is 14.0 Å². The van der Waals surface area contributed by atoms with Crippen LogP contribution in [0.1, 0.15) is 31.2 Å². The van der Waals surface area contributed by atoms with E-state index in [1.165, 1.54) is 30.9 Å². The maximum atomic E-state index is 13.2. The van der Waals surface area contributed by atoms with E-state index in [2.05, 4.69) is 20.6 Å². The van der Waals surface area contributed by atoms with Crippen molar-refractivity contribution in [1.82, 2.24) is 15.3 Å². The highest BCUT2D eigenvalue weighted by Crippen LogP contribution is 2.38. The number of aromatic nitrogens is 2. The third-order valence-corrected chi connectivity index (χ3v) is 4.23. The van der Waals surface area contributed by atoms with Gasteiger partial charge in [-0.05, 0) is 30.5 Å². The third kappa shape index (κ3) is 3.40. The first-order valence-electron chi connectivity index (χ1n) is 7.74. The average Bonchev–Trinajstić information content (AvgIpc) is 3.06. The van der Waals surface area contributed by atoms with Crippen LogP contribution in [-0.4, -0.2) is 21.8 Å². The van der Waals surface area contributed by atoms with E-state index in [1.54, 1.807) is 12.1 Å². The van der Waals surface area contributed by atoms with Gasteiger partial charge in [0.1, 0.15) is 12.1 Å². The van der Waals surface area contributed by atoms with E-state index in [4.69, 9.17) is 0 Å². The van der Waals surface area contributed by atoms with Gasteiger partial charge >= 0.3 is 11.8 Å². The summed E-state index contributed by atoms with van der Waals surface area (Å²) in [7, 11) is 0. The molecular weight excluding hydrogens is 311 g/mol. The average molecular weight is 328 g/mol. The number of rotatable bonds is 3. The standard InChI is InChI=1S/C17H17FN4O2/c18-13-5-3-12(4-6-13)17(7-1-2-8-17)22-16(24)15(23)21-14-9-19-11-20-10-14/h3-6,9-11H,1-2,7-8H2,(H,21,23)(H,22,24). The normalized spacial score (nSPS) is 15.7. The molecule has 1 aromatic heterocycles. The Hall–Kier alpha value is -2.83. The molecule has 124 valence electrons. The maximum absolute atomic E-state index is 13.2. The highest BCUT2D eigenvalue weighted by atomic mass is 19.1. The summed E-state index contributed by atoms with van der Waals surface area (Å²) in [5.41, 5.74) is 0.528. The second-order valence-corrected chi connectivity index (χ2v) is 5.83. The molecule has 2 amide bonds. The first kappa shape index (κ1) is 16.0. The Balaban J connectivity index is 1.74. The van der Waals surface area contributed by atoms with Crippen LogP contribution in [0.2, 0.25) is 0 Å². The molecule has 2 N–H and O–H groups in total. The van der Waals surface area contributed by atoms with E-state index in [1.807, 2.05) is 0 Å². The van der Waals surface area contributed by atoms with Crippen molar-refractivity contribution in [3.8, 4) is 0 Å². The predicted molar refractivity (Wildman–Crippen MR) is 85.4 cm³/mol. The van der Waals surface area contributed by atoms with E-state index in [0.29, 0.717) is 18.5 Å².